The second-order valence-electron chi connectivity index (χ2n) is 10.4. The Morgan fingerprint density at radius 3 is 2.35 bits per heavy atom. The lowest BCUT2D eigenvalue weighted by Crippen LogP contribution is -2.66. The highest BCUT2D eigenvalue weighted by molar-refractivity contribution is 5.93. The number of hydrogen-bond donors (Lipinski definition) is 3. The minimum absolute atomic E-state index is 0. The summed E-state index contributed by atoms with van der Waals surface area (Å²) >= 11 is 0. The Morgan fingerprint density at radius 2 is 1.68 bits per heavy atom. The van der Waals surface area contributed by atoms with Crippen molar-refractivity contribution in [2.75, 3.05) is 26.7 Å². The van der Waals surface area contributed by atoms with E-state index < -0.39 is 12.1 Å². The maximum atomic E-state index is 14.1. The van der Waals surface area contributed by atoms with Gasteiger partial charge in [-0.2, -0.15) is 0 Å². The minimum Gasteiger partial charge on any atom is -0.350 e. The molecule has 2 aliphatic heterocycles. The number of hydrogen-bond acceptors (Lipinski definition) is 5. The Balaban J connectivity index is 0.00000241. The summed E-state index contributed by atoms with van der Waals surface area (Å²) in [5, 5.41) is 9.11. The molecule has 3 aliphatic rings. The summed E-state index contributed by atoms with van der Waals surface area (Å²) in [5.41, 5.74) is 1.03. The van der Waals surface area contributed by atoms with Gasteiger partial charge in [-0.25, -0.2) is 0 Å². The van der Waals surface area contributed by atoms with Crippen LogP contribution in [0.5, 0.6) is 0 Å². The van der Waals surface area contributed by atoms with Crippen molar-refractivity contribution in [3.05, 3.63) is 35.9 Å². The second-order valence-corrected chi connectivity index (χ2v) is 10.4. The molecule has 4 atom stereocenters. The quantitative estimate of drug-likeness (QED) is 0.458. The molecule has 0 radical (unpaired) electrons. The molecule has 1 aliphatic carbocycles. The number of amides is 3. The number of nitrogens with zero attached hydrogens (tertiary/aromatic N) is 2. The van der Waals surface area contributed by atoms with Gasteiger partial charge < -0.3 is 20.9 Å². The van der Waals surface area contributed by atoms with Gasteiger partial charge in [-0.15, -0.1) is 24.8 Å². The number of piperazine rings is 1. The van der Waals surface area contributed by atoms with Gasteiger partial charge in [0, 0.05) is 25.7 Å². The first-order valence-electron chi connectivity index (χ1n) is 13.3. The van der Waals surface area contributed by atoms with Gasteiger partial charge in [0.15, 0.2) is 0 Å². The van der Waals surface area contributed by atoms with Gasteiger partial charge in [0.1, 0.15) is 12.1 Å². The molecule has 208 valence electrons. The van der Waals surface area contributed by atoms with E-state index >= 15 is 0 Å². The van der Waals surface area contributed by atoms with Gasteiger partial charge in [-0.3, -0.25) is 19.3 Å². The van der Waals surface area contributed by atoms with Gasteiger partial charge in [0.2, 0.25) is 17.7 Å². The van der Waals surface area contributed by atoms with Gasteiger partial charge in [-0.1, -0.05) is 49.6 Å². The number of fused-ring (bicyclic) bond motifs is 1. The van der Waals surface area contributed by atoms with Crippen LogP contribution in [0.2, 0.25) is 0 Å². The maximum Gasteiger partial charge on any atom is 0.246 e. The maximum absolute atomic E-state index is 14.1. The molecule has 0 aromatic heterocycles. The van der Waals surface area contributed by atoms with E-state index in [1.165, 1.54) is 6.42 Å². The summed E-state index contributed by atoms with van der Waals surface area (Å²) in [6, 6.07) is 8.60. The molecule has 10 heteroatoms. The first-order valence-corrected chi connectivity index (χ1v) is 13.3. The molecule has 37 heavy (non-hydrogen) atoms. The Morgan fingerprint density at radius 1 is 0.973 bits per heavy atom. The monoisotopic (exact) mass is 555 g/mol. The molecule has 1 aromatic carbocycles. The zero-order valence-corrected chi connectivity index (χ0v) is 23.6. The first-order chi connectivity index (χ1) is 17.0. The Kier molecular flexibility index (Phi) is 12.6. The fourth-order valence-corrected chi connectivity index (χ4v) is 5.82. The molecule has 0 spiro atoms. The van der Waals surface area contributed by atoms with Crippen molar-refractivity contribution in [1.29, 1.82) is 0 Å². The van der Waals surface area contributed by atoms with E-state index in [-0.39, 0.29) is 60.5 Å². The van der Waals surface area contributed by atoms with E-state index in [1.807, 2.05) is 30.3 Å². The Labute approximate surface area is 233 Å². The Hall–Kier alpha value is -1.87. The van der Waals surface area contributed by atoms with Crippen LogP contribution in [0.1, 0.15) is 57.4 Å². The fraction of sp³-hybridized carbons (Fsp3) is 0.667. The molecule has 1 aromatic rings. The lowest BCUT2D eigenvalue weighted by molar-refractivity contribution is -0.149. The first kappa shape index (κ1) is 31.3. The van der Waals surface area contributed by atoms with Crippen LogP contribution >= 0.6 is 24.8 Å². The van der Waals surface area contributed by atoms with Crippen LogP contribution in [-0.2, 0) is 20.9 Å². The molecule has 3 N–H and O–H groups in total. The minimum atomic E-state index is -0.587. The number of carbonyl (C=O) groups excluding carboxylic acids is 3. The molecule has 2 heterocycles. The molecule has 8 nitrogen and oxygen atoms in total. The summed E-state index contributed by atoms with van der Waals surface area (Å²) in [7, 11) is 1.74. The third-order valence-electron chi connectivity index (χ3n) is 8.10. The van der Waals surface area contributed by atoms with E-state index in [1.54, 1.807) is 18.9 Å². The van der Waals surface area contributed by atoms with Crippen LogP contribution in [0.3, 0.4) is 0 Å². The summed E-state index contributed by atoms with van der Waals surface area (Å²) in [6.07, 6.45) is 7.31. The zero-order valence-electron chi connectivity index (χ0n) is 22.0. The smallest absolute Gasteiger partial charge is 0.246 e. The van der Waals surface area contributed by atoms with Crippen molar-refractivity contribution in [2.24, 2.45) is 5.92 Å². The Bertz CT molecular complexity index is 884. The zero-order chi connectivity index (χ0) is 24.8. The van der Waals surface area contributed by atoms with Gasteiger partial charge in [0.05, 0.1) is 6.04 Å². The highest BCUT2D eigenvalue weighted by atomic mass is 35.5. The normalized spacial score (nSPS) is 23.6. The van der Waals surface area contributed by atoms with Crippen molar-refractivity contribution in [3.8, 4) is 0 Å². The lowest BCUT2D eigenvalue weighted by atomic mass is 9.82. The molecule has 0 unspecified atom stereocenters. The molecule has 3 amide bonds. The highest BCUT2D eigenvalue weighted by Crippen LogP contribution is 2.30. The molecule has 4 rings (SSSR count). The number of halogens is 2. The lowest BCUT2D eigenvalue weighted by Gasteiger charge is -2.45. The van der Waals surface area contributed by atoms with Crippen molar-refractivity contribution in [2.45, 2.75) is 82.6 Å². The van der Waals surface area contributed by atoms with Crippen LogP contribution < -0.4 is 16.0 Å². The summed E-state index contributed by atoms with van der Waals surface area (Å²) in [5.74, 6) is -0.273. The van der Waals surface area contributed by atoms with Crippen LogP contribution in [0, 0.1) is 5.92 Å². The molecule has 3 fully saturated rings. The van der Waals surface area contributed by atoms with Crippen LogP contribution in [0.25, 0.3) is 0 Å². The molecular formula is C27H43Cl2N5O3. The molecular weight excluding hydrogens is 513 g/mol. The number of nitrogens with one attached hydrogen (secondary N) is 3. The average molecular weight is 557 g/mol. The third kappa shape index (κ3) is 7.82. The van der Waals surface area contributed by atoms with Crippen molar-refractivity contribution in [3.63, 3.8) is 0 Å². The van der Waals surface area contributed by atoms with Crippen LogP contribution in [0.4, 0.5) is 0 Å². The van der Waals surface area contributed by atoms with E-state index in [9.17, 15) is 14.4 Å². The van der Waals surface area contributed by atoms with Gasteiger partial charge >= 0.3 is 0 Å². The van der Waals surface area contributed by atoms with Gasteiger partial charge in [0.25, 0.3) is 0 Å². The van der Waals surface area contributed by atoms with Crippen molar-refractivity contribution >= 4 is 42.5 Å². The van der Waals surface area contributed by atoms with Gasteiger partial charge in [-0.05, 0) is 57.7 Å². The van der Waals surface area contributed by atoms with Crippen LogP contribution in [0.15, 0.2) is 30.3 Å². The molecule has 0 bridgehead atoms. The average Bonchev–Trinajstić information content (AvgIpc) is 3.37. The molecule has 2 saturated heterocycles. The van der Waals surface area contributed by atoms with Crippen LogP contribution in [-0.4, -0.2) is 78.4 Å². The standard InChI is InChI=1S/C27H41N5O3.2ClH/c1-19(28-2)25(33)30-24(21-12-7-4-8-13-21)27(35)32-17-22-14-9-15-31(22)18-23(32)26(34)29-16-20-10-5-3-6-11-20;;/h3,5-6,10-11,19,21-24,28H,4,7-9,12-18H2,1-2H3,(H,29,34)(H,30,33);2*1H/t19-,22+,23-,24-;;/m0../s1. The predicted octanol–water partition coefficient (Wildman–Crippen LogP) is 2.49. The number of benzene rings is 1. The largest absolute Gasteiger partial charge is 0.350 e. The predicted molar refractivity (Wildman–Crippen MR) is 150 cm³/mol. The topological polar surface area (TPSA) is 93.8 Å². The summed E-state index contributed by atoms with van der Waals surface area (Å²) in [4.78, 5) is 44.5. The number of carbonyl (C=O) groups is 3. The number of rotatable bonds is 8. The SMILES string of the molecule is CN[C@@H](C)C(=O)N[C@H](C(=O)N1C[C@H]2CCCN2C[C@H]1C(=O)NCc1ccccc1)C1CCCCC1.Cl.Cl. The van der Waals surface area contributed by atoms with E-state index in [0.29, 0.717) is 19.6 Å². The summed E-state index contributed by atoms with van der Waals surface area (Å²) < 4.78 is 0. The molecule has 1 saturated carbocycles. The van der Waals surface area contributed by atoms with E-state index in [4.69, 9.17) is 0 Å². The fourth-order valence-electron chi connectivity index (χ4n) is 5.82. The van der Waals surface area contributed by atoms with E-state index in [2.05, 4.69) is 20.9 Å². The third-order valence-corrected chi connectivity index (χ3v) is 8.10. The summed E-state index contributed by atoms with van der Waals surface area (Å²) in [6.45, 7) is 4.30. The van der Waals surface area contributed by atoms with E-state index in [0.717, 1.165) is 50.6 Å². The highest BCUT2D eigenvalue weighted by Gasteiger charge is 2.45. The second kappa shape index (κ2) is 14.9. The number of likely N-dealkylation sites (N-methyl/N-ethyl adjacent to an activating group) is 1. The van der Waals surface area contributed by atoms with Crippen molar-refractivity contribution in [1.82, 2.24) is 25.8 Å². The van der Waals surface area contributed by atoms with Crippen molar-refractivity contribution < 1.29 is 14.4 Å².